The highest BCUT2D eigenvalue weighted by Crippen LogP contribution is 1.87. The molecular formula is C5H11Al. The molecule has 6 heavy (non-hydrogen) atoms. The molecule has 0 spiro atoms. The van der Waals surface area contributed by atoms with E-state index in [1.54, 1.807) is 0 Å². The lowest BCUT2D eigenvalue weighted by Gasteiger charge is -1.79. The van der Waals surface area contributed by atoms with Crippen LogP contribution in [0.2, 0.25) is 5.28 Å². The van der Waals surface area contributed by atoms with Gasteiger partial charge in [0.05, 0.1) is 0 Å². The summed E-state index contributed by atoms with van der Waals surface area (Å²) in [6.07, 6.45) is 2.27. The standard InChI is InChI=1S/C5H9.Al.2H/c1-4-5(2)3;;;/h4H,1H2,2-3H3;;;. The Hall–Kier alpha value is 0.272. The predicted molar refractivity (Wildman–Crippen MR) is 32.8 cm³/mol. The molecule has 0 aliphatic heterocycles. The Morgan fingerprint density at radius 2 is 2.17 bits per heavy atom. The monoisotopic (exact) mass is 98.1 g/mol. The maximum atomic E-state index is 2.27. The van der Waals surface area contributed by atoms with E-state index in [2.05, 4.69) is 19.9 Å². The minimum Gasteiger partial charge on any atom is -0.0995 e. The van der Waals surface area contributed by atoms with Gasteiger partial charge in [-0.3, -0.25) is 0 Å². The van der Waals surface area contributed by atoms with Gasteiger partial charge in [-0.15, -0.1) is 0 Å². The Kier molecular flexibility index (Phi) is 3.62. The van der Waals surface area contributed by atoms with E-state index in [1.807, 2.05) is 0 Å². The Morgan fingerprint density at radius 3 is 2.17 bits per heavy atom. The van der Waals surface area contributed by atoms with Crippen molar-refractivity contribution in [3.8, 4) is 0 Å². The van der Waals surface area contributed by atoms with Crippen molar-refractivity contribution in [3.63, 3.8) is 0 Å². The SMILES string of the molecule is CC(C)=C[CH2][AlH2]. The molecule has 34 valence electrons. The van der Waals surface area contributed by atoms with Crippen molar-refractivity contribution in [2.45, 2.75) is 19.1 Å². The van der Waals surface area contributed by atoms with Crippen LogP contribution in [0.25, 0.3) is 0 Å². The molecule has 0 amide bonds. The zero-order valence-corrected chi connectivity index (χ0v) is 6.78. The fraction of sp³-hybridized carbons (Fsp3) is 0.600. The number of rotatable bonds is 1. The van der Waals surface area contributed by atoms with Gasteiger partial charge in [0.1, 0.15) is 0 Å². The molecule has 0 heterocycles. The van der Waals surface area contributed by atoms with E-state index in [4.69, 9.17) is 0 Å². The topological polar surface area (TPSA) is 0 Å². The normalized spacial score (nSPS) is 7.67. The molecule has 0 aliphatic rings. The summed E-state index contributed by atoms with van der Waals surface area (Å²) >= 11 is 1.31. The summed E-state index contributed by atoms with van der Waals surface area (Å²) in [6, 6.07) is 0. The summed E-state index contributed by atoms with van der Waals surface area (Å²) in [4.78, 5) is 0. The summed E-state index contributed by atoms with van der Waals surface area (Å²) in [5, 5.41) is 1.31. The lowest BCUT2D eigenvalue weighted by molar-refractivity contribution is 1.36. The zero-order chi connectivity index (χ0) is 4.99. The van der Waals surface area contributed by atoms with Gasteiger partial charge >= 0.3 is 0 Å². The van der Waals surface area contributed by atoms with E-state index in [1.165, 1.54) is 27.1 Å². The first-order chi connectivity index (χ1) is 2.77. The maximum Gasteiger partial charge on any atom is 0.217 e. The van der Waals surface area contributed by atoms with Crippen LogP contribution >= 0.6 is 0 Å². The molecule has 0 saturated heterocycles. The quantitative estimate of drug-likeness (QED) is 0.339. The maximum absolute atomic E-state index is 2.27. The van der Waals surface area contributed by atoms with Crippen molar-refractivity contribution in [2.75, 3.05) is 0 Å². The van der Waals surface area contributed by atoms with Gasteiger partial charge in [-0.2, -0.15) is 0 Å². The molecule has 0 unspecified atom stereocenters. The molecule has 0 aromatic carbocycles. The molecule has 0 aromatic rings. The van der Waals surface area contributed by atoms with Crippen LogP contribution < -0.4 is 0 Å². The highest BCUT2D eigenvalue weighted by molar-refractivity contribution is 6.09. The van der Waals surface area contributed by atoms with Crippen LogP contribution in [0.4, 0.5) is 0 Å². The molecule has 0 N–H and O–H groups in total. The van der Waals surface area contributed by atoms with Crippen LogP contribution in [-0.2, 0) is 0 Å². The van der Waals surface area contributed by atoms with Crippen molar-refractivity contribution in [2.24, 2.45) is 0 Å². The van der Waals surface area contributed by atoms with Gasteiger partial charge in [-0.05, 0) is 13.8 Å². The van der Waals surface area contributed by atoms with Crippen LogP contribution in [0.3, 0.4) is 0 Å². The van der Waals surface area contributed by atoms with E-state index in [0.29, 0.717) is 0 Å². The molecule has 0 rings (SSSR count). The largest absolute Gasteiger partial charge is 0.217 e. The second-order valence-electron chi connectivity index (χ2n) is 1.69. The molecule has 0 saturated carbocycles. The van der Waals surface area contributed by atoms with Gasteiger partial charge in [-0.1, -0.05) is 16.9 Å². The predicted octanol–water partition coefficient (Wildman–Crippen LogP) is 1.00. The van der Waals surface area contributed by atoms with Gasteiger partial charge < -0.3 is 0 Å². The smallest absolute Gasteiger partial charge is 0.0995 e. The first kappa shape index (κ1) is 6.27. The van der Waals surface area contributed by atoms with Crippen molar-refractivity contribution < 1.29 is 0 Å². The van der Waals surface area contributed by atoms with Gasteiger partial charge in [0.25, 0.3) is 0 Å². The van der Waals surface area contributed by atoms with Crippen molar-refractivity contribution >= 4 is 16.3 Å². The number of allylic oxidation sites excluding steroid dienone is 2. The fourth-order valence-corrected chi connectivity index (χ4v) is 1.22. The van der Waals surface area contributed by atoms with Crippen LogP contribution in [-0.4, -0.2) is 16.3 Å². The van der Waals surface area contributed by atoms with E-state index in [0.717, 1.165) is 0 Å². The third-order valence-corrected chi connectivity index (χ3v) is 1.02. The summed E-state index contributed by atoms with van der Waals surface area (Å²) in [6.45, 7) is 4.27. The molecule has 0 aliphatic carbocycles. The Balaban J connectivity index is 3.14. The van der Waals surface area contributed by atoms with Crippen LogP contribution in [0.5, 0.6) is 0 Å². The highest BCUT2D eigenvalue weighted by atomic mass is 27.0. The fourth-order valence-electron chi connectivity index (χ4n) is 0.408. The summed E-state index contributed by atoms with van der Waals surface area (Å²) in [5.74, 6) is 0. The average molecular weight is 98.1 g/mol. The van der Waals surface area contributed by atoms with E-state index in [-0.39, 0.29) is 0 Å². The number of hydrogen-bond acceptors (Lipinski definition) is 0. The molecule has 1 heteroatoms. The third-order valence-electron chi connectivity index (χ3n) is 0.612. The number of hydrogen-bond donors (Lipinski definition) is 0. The highest BCUT2D eigenvalue weighted by Gasteiger charge is 1.68. The van der Waals surface area contributed by atoms with Gasteiger partial charge in [0, 0.05) is 0 Å². The molecule has 0 atom stereocenters. The second kappa shape index (κ2) is 3.46. The van der Waals surface area contributed by atoms with Crippen molar-refractivity contribution in [1.29, 1.82) is 0 Å². The van der Waals surface area contributed by atoms with Crippen LogP contribution in [0, 0.1) is 0 Å². The van der Waals surface area contributed by atoms with Gasteiger partial charge in [-0.25, -0.2) is 0 Å². The van der Waals surface area contributed by atoms with E-state index < -0.39 is 0 Å². The molecule has 0 nitrogen and oxygen atoms in total. The molecular weight excluding hydrogens is 87.0 g/mol. The van der Waals surface area contributed by atoms with Gasteiger partial charge in [0.2, 0.25) is 16.3 Å². The molecule has 0 fully saturated rings. The Bertz CT molecular complexity index is 51.0. The Labute approximate surface area is 47.7 Å². The first-order valence-electron chi connectivity index (χ1n) is 2.40. The Morgan fingerprint density at radius 1 is 1.67 bits per heavy atom. The van der Waals surface area contributed by atoms with Crippen LogP contribution in [0.1, 0.15) is 13.8 Å². The third kappa shape index (κ3) is 4.27. The molecule has 0 radical (unpaired) electrons. The summed E-state index contributed by atoms with van der Waals surface area (Å²) < 4.78 is 0. The first-order valence-corrected chi connectivity index (χ1v) is 3.82. The molecule has 0 bridgehead atoms. The summed E-state index contributed by atoms with van der Waals surface area (Å²) in [5.41, 5.74) is 1.45. The minimum atomic E-state index is 1.31. The van der Waals surface area contributed by atoms with Crippen molar-refractivity contribution in [3.05, 3.63) is 11.6 Å². The summed E-state index contributed by atoms with van der Waals surface area (Å²) in [7, 11) is 0. The van der Waals surface area contributed by atoms with E-state index >= 15 is 0 Å². The van der Waals surface area contributed by atoms with Crippen LogP contribution in [0.15, 0.2) is 11.6 Å². The van der Waals surface area contributed by atoms with E-state index in [9.17, 15) is 0 Å². The lowest BCUT2D eigenvalue weighted by Crippen LogP contribution is -1.61. The zero-order valence-electron chi connectivity index (χ0n) is 4.78. The van der Waals surface area contributed by atoms with Crippen molar-refractivity contribution in [1.82, 2.24) is 0 Å². The average Bonchev–Trinajstić information content (AvgIpc) is 1.35. The lowest BCUT2D eigenvalue weighted by atomic mass is 10.3. The molecule has 0 aromatic heterocycles. The van der Waals surface area contributed by atoms with Gasteiger partial charge in [0.15, 0.2) is 0 Å². The minimum absolute atomic E-state index is 1.31. The second-order valence-corrected chi connectivity index (χ2v) is 2.51.